The summed E-state index contributed by atoms with van der Waals surface area (Å²) in [7, 11) is 0. The van der Waals surface area contributed by atoms with Crippen molar-refractivity contribution in [2.45, 2.75) is 26.7 Å². The zero-order valence-electron chi connectivity index (χ0n) is 17.5. The first kappa shape index (κ1) is 20.1. The number of aromatic nitrogens is 2. The Hall–Kier alpha value is -3.16. The van der Waals surface area contributed by atoms with Crippen LogP contribution in [0.5, 0.6) is 0 Å². The van der Waals surface area contributed by atoms with Crippen LogP contribution in [0.15, 0.2) is 30.3 Å². The minimum absolute atomic E-state index is 0.0399. The number of rotatable bonds is 4. The number of piperidine rings is 1. The molecule has 0 saturated carbocycles. The number of hydrogen-bond acceptors (Lipinski definition) is 6. The normalized spacial score (nSPS) is 19.4. The molecule has 158 valence electrons. The molecule has 4 rings (SSSR count). The van der Waals surface area contributed by atoms with Crippen molar-refractivity contribution in [2.24, 2.45) is 5.92 Å². The average molecular weight is 409 g/mol. The highest BCUT2D eigenvalue weighted by Gasteiger charge is 2.30. The molecule has 8 heteroatoms. The average Bonchev–Trinajstić information content (AvgIpc) is 2.75. The molecule has 0 bridgehead atoms. The summed E-state index contributed by atoms with van der Waals surface area (Å²) in [5, 5.41) is 6.08. The topological polar surface area (TPSA) is 90.5 Å². The van der Waals surface area contributed by atoms with Gasteiger partial charge in [0, 0.05) is 56.6 Å². The van der Waals surface area contributed by atoms with Crippen LogP contribution in [-0.2, 0) is 9.59 Å². The SMILES string of the molecule is Cc1ccc(Nc2nc(C)cc(N3CCN(C(=O)C4CCC(=O)NC4)CC3)n2)cc1. The second-order valence-corrected chi connectivity index (χ2v) is 8.03. The lowest BCUT2D eigenvalue weighted by atomic mass is 9.97. The van der Waals surface area contributed by atoms with E-state index in [0.29, 0.717) is 38.4 Å². The molecule has 1 atom stereocenters. The number of amides is 2. The third-order valence-corrected chi connectivity index (χ3v) is 5.68. The van der Waals surface area contributed by atoms with Gasteiger partial charge in [-0.1, -0.05) is 17.7 Å². The molecule has 2 saturated heterocycles. The Morgan fingerprint density at radius 1 is 1.10 bits per heavy atom. The van der Waals surface area contributed by atoms with Crippen molar-refractivity contribution in [1.29, 1.82) is 0 Å². The number of piperazine rings is 1. The van der Waals surface area contributed by atoms with Crippen LogP contribution in [-0.4, -0.2) is 59.4 Å². The van der Waals surface area contributed by atoms with Crippen LogP contribution >= 0.6 is 0 Å². The Labute approximate surface area is 176 Å². The quantitative estimate of drug-likeness (QED) is 0.804. The molecule has 2 aromatic rings. The maximum Gasteiger partial charge on any atom is 0.229 e. The molecule has 0 aliphatic carbocycles. The fourth-order valence-electron chi connectivity index (χ4n) is 3.89. The van der Waals surface area contributed by atoms with Gasteiger partial charge in [-0.15, -0.1) is 0 Å². The molecule has 30 heavy (non-hydrogen) atoms. The second kappa shape index (κ2) is 8.69. The number of carbonyl (C=O) groups is 2. The Kier molecular flexibility index (Phi) is 5.83. The first-order valence-electron chi connectivity index (χ1n) is 10.5. The zero-order chi connectivity index (χ0) is 21.1. The highest BCUT2D eigenvalue weighted by Crippen LogP contribution is 2.21. The Balaban J connectivity index is 1.38. The number of anilines is 3. The summed E-state index contributed by atoms with van der Waals surface area (Å²) in [5.74, 6) is 1.54. The summed E-state index contributed by atoms with van der Waals surface area (Å²) in [6, 6.07) is 10.1. The maximum atomic E-state index is 12.8. The molecule has 1 unspecified atom stereocenters. The van der Waals surface area contributed by atoms with Crippen molar-refractivity contribution < 1.29 is 9.59 Å². The molecule has 2 N–H and O–H groups in total. The van der Waals surface area contributed by atoms with Crippen molar-refractivity contribution in [3.63, 3.8) is 0 Å². The monoisotopic (exact) mass is 408 g/mol. The molecule has 2 aliphatic heterocycles. The van der Waals surface area contributed by atoms with Crippen molar-refractivity contribution in [3.8, 4) is 0 Å². The summed E-state index contributed by atoms with van der Waals surface area (Å²) in [5.41, 5.74) is 3.05. The fraction of sp³-hybridized carbons (Fsp3) is 0.455. The zero-order valence-corrected chi connectivity index (χ0v) is 17.5. The van der Waals surface area contributed by atoms with Gasteiger partial charge < -0.3 is 20.4 Å². The lowest BCUT2D eigenvalue weighted by Crippen LogP contribution is -2.52. The van der Waals surface area contributed by atoms with Gasteiger partial charge in [0.25, 0.3) is 0 Å². The van der Waals surface area contributed by atoms with E-state index in [1.807, 2.05) is 42.2 Å². The van der Waals surface area contributed by atoms with E-state index in [1.54, 1.807) is 0 Å². The van der Waals surface area contributed by atoms with E-state index in [1.165, 1.54) is 5.56 Å². The highest BCUT2D eigenvalue weighted by atomic mass is 16.2. The first-order valence-corrected chi connectivity index (χ1v) is 10.5. The van der Waals surface area contributed by atoms with Gasteiger partial charge in [-0.2, -0.15) is 4.98 Å². The highest BCUT2D eigenvalue weighted by molar-refractivity contribution is 5.84. The van der Waals surface area contributed by atoms with Crippen LogP contribution in [0.3, 0.4) is 0 Å². The molecule has 0 radical (unpaired) electrons. The van der Waals surface area contributed by atoms with Crippen LogP contribution in [0.1, 0.15) is 24.1 Å². The molecule has 2 amide bonds. The fourth-order valence-corrected chi connectivity index (χ4v) is 3.89. The summed E-state index contributed by atoms with van der Waals surface area (Å²) in [6.45, 7) is 7.25. The first-order chi connectivity index (χ1) is 14.5. The maximum absolute atomic E-state index is 12.8. The van der Waals surface area contributed by atoms with Crippen LogP contribution in [0.2, 0.25) is 0 Å². The van der Waals surface area contributed by atoms with Crippen LogP contribution in [0.4, 0.5) is 17.5 Å². The van der Waals surface area contributed by atoms with Gasteiger partial charge in [0.1, 0.15) is 5.82 Å². The minimum Gasteiger partial charge on any atom is -0.355 e. The number of nitrogens with one attached hydrogen (secondary N) is 2. The number of carbonyl (C=O) groups excluding carboxylic acids is 2. The van der Waals surface area contributed by atoms with Crippen molar-refractivity contribution in [3.05, 3.63) is 41.6 Å². The lowest BCUT2D eigenvalue weighted by molar-refractivity contribution is -0.137. The number of aryl methyl sites for hydroxylation is 2. The summed E-state index contributed by atoms with van der Waals surface area (Å²) < 4.78 is 0. The largest absolute Gasteiger partial charge is 0.355 e. The molecule has 3 heterocycles. The molecule has 0 spiro atoms. The molecular weight excluding hydrogens is 380 g/mol. The van der Waals surface area contributed by atoms with Gasteiger partial charge >= 0.3 is 0 Å². The van der Waals surface area contributed by atoms with Gasteiger partial charge in [0.15, 0.2) is 0 Å². The van der Waals surface area contributed by atoms with Crippen LogP contribution in [0, 0.1) is 19.8 Å². The van der Waals surface area contributed by atoms with E-state index >= 15 is 0 Å². The molecule has 1 aromatic carbocycles. The standard InChI is InChI=1S/C22H28N6O2/c1-15-3-6-18(7-4-15)25-22-24-16(2)13-19(26-22)27-9-11-28(12-10-27)21(30)17-5-8-20(29)23-14-17/h3-4,6-7,13,17H,5,8-12,14H2,1-2H3,(H,23,29)(H,24,25,26). The lowest BCUT2D eigenvalue weighted by Gasteiger charge is -2.37. The van der Waals surface area contributed by atoms with Gasteiger partial charge in [-0.05, 0) is 32.4 Å². The van der Waals surface area contributed by atoms with E-state index in [2.05, 4.69) is 27.4 Å². The van der Waals surface area contributed by atoms with Gasteiger partial charge in [-0.25, -0.2) is 4.98 Å². The van der Waals surface area contributed by atoms with E-state index < -0.39 is 0 Å². The molecule has 2 aliphatic rings. The van der Waals surface area contributed by atoms with Crippen molar-refractivity contribution >= 4 is 29.3 Å². The van der Waals surface area contributed by atoms with Crippen molar-refractivity contribution in [1.82, 2.24) is 20.2 Å². The Bertz CT molecular complexity index is 912. The summed E-state index contributed by atoms with van der Waals surface area (Å²) in [6.07, 6.45) is 1.08. The summed E-state index contributed by atoms with van der Waals surface area (Å²) >= 11 is 0. The second-order valence-electron chi connectivity index (χ2n) is 8.03. The number of hydrogen-bond donors (Lipinski definition) is 2. The van der Waals surface area contributed by atoms with Gasteiger partial charge in [-0.3, -0.25) is 9.59 Å². The third-order valence-electron chi connectivity index (χ3n) is 5.68. The van der Waals surface area contributed by atoms with E-state index in [4.69, 9.17) is 4.98 Å². The van der Waals surface area contributed by atoms with E-state index in [-0.39, 0.29) is 17.7 Å². The Morgan fingerprint density at radius 2 is 1.83 bits per heavy atom. The summed E-state index contributed by atoms with van der Waals surface area (Å²) in [4.78, 5) is 37.4. The smallest absolute Gasteiger partial charge is 0.229 e. The minimum atomic E-state index is -0.0964. The van der Waals surface area contributed by atoms with Gasteiger partial charge in [0.2, 0.25) is 17.8 Å². The Morgan fingerprint density at radius 3 is 2.50 bits per heavy atom. The number of benzene rings is 1. The van der Waals surface area contributed by atoms with Crippen LogP contribution in [0.25, 0.3) is 0 Å². The van der Waals surface area contributed by atoms with E-state index in [9.17, 15) is 9.59 Å². The predicted molar refractivity (Wildman–Crippen MR) is 116 cm³/mol. The predicted octanol–water partition coefficient (Wildman–Crippen LogP) is 2.01. The molecule has 1 aromatic heterocycles. The van der Waals surface area contributed by atoms with Crippen molar-refractivity contribution in [2.75, 3.05) is 42.9 Å². The van der Waals surface area contributed by atoms with Gasteiger partial charge in [0.05, 0.1) is 5.92 Å². The van der Waals surface area contributed by atoms with E-state index in [0.717, 1.165) is 30.3 Å². The molecular formula is C22H28N6O2. The molecule has 8 nitrogen and oxygen atoms in total. The third kappa shape index (κ3) is 4.69. The number of nitrogens with zero attached hydrogens (tertiary/aromatic N) is 4. The molecule has 2 fully saturated rings. The van der Waals surface area contributed by atoms with Crippen LogP contribution < -0.4 is 15.5 Å².